The van der Waals surface area contributed by atoms with E-state index in [1.165, 1.54) is 46.1 Å². The summed E-state index contributed by atoms with van der Waals surface area (Å²) in [5.41, 5.74) is 11.4. The Hall–Kier alpha value is -5.11. The number of benzene rings is 1. The number of fused-ring (bicyclic) bond motifs is 14. The molecular weight excluding hydrogens is 746 g/mol. The van der Waals surface area contributed by atoms with Crippen molar-refractivity contribution >= 4 is 34.6 Å². The van der Waals surface area contributed by atoms with Gasteiger partial charge in [0.1, 0.15) is 29.0 Å². The number of anilines is 2. The normalized spacial score (nSPS) is 32.9. The lowest BCUT2D eigenvalue weighted by Crippen LogP contribution is -2.60. The molecule has 18 nitrogen and oxygen atoms in total. The number of hydrogen-bond donors (Lipinski definition) is 7. The first-order valence-corrected chi connectivity index (χ1v) is 18.5. The molecule has 1 aromatic carbocycles. The van der Waals surface area contributed by atoms with E-state index in [2.05, 4.69) is 10.5 Å². The number of phenols is 2. The molecule has 57 heavy (non-hydrogen) atoms. The summed E-state index contributed by atoms with van der Waals surface area (Å²) < 4.78 is 28.9. The maximum absolute atomic E-state index is 14.0. The number of methoxy groups -OCH3 is 1. The van der Waals surface area contributed by atoms with Crippen LogP contribution in [0, 0.1) is 16.7 Å². The Labute approximate surface area is 329 Å². The summed E-state index contributed by atoms with van der Waals surface area (Å²) in [6.07, 6.45) is 1.95. The number of aromatic hydroxyl groups is 2. The van der Waals surface area contributed by atoms with Gasteiger partial charge in [0.05, 0.1) is 61.0 Å². The van der Waals surface area contributed by atoms with Crippen molar-refractivity contribution in [1.82, 2.24) is 0 Å². The number of allylic oxidation sites excluding steroid dienone is 4. The molecule has 1 fully saturated rings. The van der Waals surface area contributed by atoms with Gasteiger partial charge in [-0.05, 0) is 25.1 Å². The SMILES string of the molecule is CO[C@H]1C=CO[C@@]2(C)OC3=C(C)C(=O)c4c(O)c(c(N5CCOCC5)c(O)c4C3=C2N=O)NC(=O)/C(C)=C\C=C\[C@H](C)[C@H](O)[C@@H](N)[C@@H](O)[C@@H](N)[C@H](OC(C)=O)[C@@H]1C. The summed E-state index contributed by atoms with van der Waals surface area (Å²) in [6, 6.07) is -2.64. The molecular formula is C39H51N5O13. The van der Waals surface area contributed by atoms with Gasteiger partial charge in [0, 0.05) is 62.6 Å². The number of aliphatic hydroxyl groups is 2. The quantitative estimate of drug-likeness (QED) is 0.0996. The average Bonchev–Trinajstić information content (AvgIpc) is 3.48. The second kappa shape index (κ2) is 17.2. The lowest BCUT2D eigenvalue weighted by atomic mass is 9.83. The van der Waals surface area contributed by atoms with Gasteiger partial charge in [-0.25, -0.2) is 0 Å². The minimum Gasteiger partial charge on any atom is -0.505 e. The molecule has 0 saturated carbocycles. The number of ketones is 1. The zero-order valence-corrected chi connectivity index (χ0v) is 32.8. The highest BCUT2D eigenvalue weighted by molar-refractivity contribution is 6.22. The first kappa shape index (κ1) is 43.0. The maximum atomic E-state index is 14.0. The van der Waals surface area contributed by atoms with Crippen LogP contribution in [0.4, 0.5) is 11.4 Å². The summed E-state index contributed by atoms with van der Waals surface area (Å²) in [6.45, 7) is 9.59. The predicted octanol–water partition coefficient (Wildman–Crippen LogP) is 2.21. The third-order valence-corrected chi connectivity index (χ3v) is 10.8. The van der Waals surface area contributed by atoms with Crippen LogP contribution in [-0.4, -0.2) is 114 Å². The monoisotopic (exact) mass is 797 g/mol. The first-order chi connectivity index (χ1) is 26.9. The molecule has 5 aliphatic rings. The topological polar surface area (TPSA) is 275 Å². The van der Waals surface area contributed by atoms with E-state index in [0.29, 0.717) is 0 Å². The number of aliphatic hydroxyl groups excluding tert-OH is 2. The van der Waals surface area contributed by atoms with Crippen LogP contribution in [0.2, 0.25) is 0 Å². The van der Waals surface area contributed by atoms with Crippen molar-refractivity contribution in [3.05, 3.63) is 69.2 Å². The number of nitrogens with one attached hydrogen (secondary N) is 1. The minimum absolute atomic E-state index is 0.0404. The van der Waals surface area contributed by atoms with Crippen molar-refractivity contribution in [2.75, 3.05) is 43.6 Å². The van der Waals surface area contributed by atoms with Crippen molar-refractivity contribution in [3.8, 4) is 11.5 Å². The number of Topliss-reactive ketones (excluding diaryl/α,β-unsaturated/α-hetero) is 1. The van der Waals surface area contributed by atoms with E-state index in [9.17, 15) is 39.7 Å². The number of phenolic OH excluding ortho intramolecular Hbond substituents is 2. The van der Waals surface area contributed by atoms with Gasteiger partial charge in [-0.1, -0.05) is 32.1 Å². The van der Waals surface area contributed by atoms with E-state index >= 15 is 0 Å². The van der Waals surface area contributed by atoms with E-state index in [1.807, 2.05) is 0 Å². The number of amides is 1. The lowest BCUT2D eigenvalue weighted by Gasteiger charge is -2.37. The molecule has 9 atom stereocenters. The van der Waals surface area contributed by atoms with Crippen LogP contribution < -0.4 is 21.7 Å². The second-order valence-corrected chi connectivity index (χ2v) is 14.7. The molecule has 0 unspecified atom stereocenters. The Morgan fingerprint density at radius 1 is 1.04 bits per heavy atom. The van der Waals surface area contributed by atoms with Crippen molar-refractivity contribution < 1.29 is 58.5 Å². The average molecular weight is 798 g/mol. The number of morpholine rings is 1. The van der Waals surface area contributed by atoms with Crippen molar-refractivity contribution in [3.63, 3.8) is 0 Å². The van der Waals surface area contributed by atoms with Crippen molar-refractivity contribution in [1.29, 1.82) is 0 Å². The van der Waals surface area contributed by atoms with Gasteiger partial charge in [0.15, 0.2) is 17.2 Å². The minimum atomic E-state index is -2.01. The Morgan fingerprint density at radius 3 is 2.32 bits per heavy atom. The zero-order valence-electron chi connectivity index (χ0n) is 32.8. The van der Waals surface area contributed by atoms with E-state index in [-0.39, 0.29) is 71.4 Å². The summed E-state index contributed by atoms with van der Waals surface area (Å²) in [4.78, 5) is 54.4. The van der Waals surface area contributed by atoms with E-state index in [1.54, 1.807) is 24.8 Å². The van der Waals surface area contributed by atoms with E-state index in [0.717, 1.165) is 13.2 Å². The van der Waals surface area contributed by atoms with Crippen LogP contribution in [-0.2, 0) is 33.3 Å². The molecule has 9 N–H and O–H groups in total. The van der Waals surface area contributed by atoms with Gasteiger partial charge in [-0.3, -0.25) is 14.4 Å². The van der Waals surface area contributed by atoms with Crippen molar-refractivity contribution in [2.24, 2.45) is 28.5 Å². The summed E-state index contributed by atoms with van der Waals surface area (Å²) >= 11 is 0. The number of nitroso groups, excluding NO2 is 1. The van der Waals surface area contributed by atoms with Crippen LogP contribution >= 0.6 is 0 Å². The molecule has 1 aromatic rings. The fourth-order valence-electron chi connectivity index (χ4n) is 7.42. The molecule has 310 valence electrons. The van der Waals surface area contributed by atoms with Crippen LogP contribution in [0.3, 0.4) is 0 Å². The van der Waals surface area contributed by atoms with Crippen LogP contribution in [0.1, 0.15) is 57.5 Å². The predicted molar refractivity (Wildman–Crippen MR) is 206 cm³/mol. The number of carbonyl (C=O) groups is 3. The highest BCUT2D eigenvalue weighted by atomic mass is 16.7. The Morgan fingerprint density at radius 2 is 1.70 bits per heavy atom. The smallest absolute Gasteiger partial charge is 0.302 e. The summed E-state index contributed by atoms with van der Waals surface area (Å²) in [7, 11) is 1.37. The molecule has 5 bridgehead atoms. The third kappa shape index (κ3) is 8.05. The Balaban J connectivity index is 1.73. The molecule has 0 aromatic heterocycles. The van der Waals surface area contributed by atoms with Gasteiger partial charge in [-0.15, -0.1) is 4.91 Å². The van der Waals surface area contributed by atoms with Gasteiger partial charge >= 0.3 is 5.97 Å². The van der Waals surface area contributed by atoms with E-state index in [4.69, 9.17) is 35.2 Å². The molecule has 1 amide bonds. The number of carbonyl (C=O) groups excluding carboxylic acids is 3. The van der Waals surface area contributed by atoms with Gasteiger partial charge in [0.2, 0.25) is 0 Å². The molecule has 4 aliphatic heterocycles. The zero-order chi connectivity index (χ0) is 42.1. The largest absolute Gasteiger partial charge is 0.505 e. The van der Waals surface area contributed by atoms with Crippen LogP contribution in [0.15, 0.2) is 58.3 Å². The van der Waals surface area contributed by atoms with Crippen LogP contribution in [0.25, 0.3) is 5.57 Å². The number of hydrogen-bond acceptors (Lipinski definition) is 17. The first-order valence-electron chi connectivity index (χ1n) is 18.5. The number of esters is 1. The maximum Gasteiger partial charge on any atom is 0.302 e. The Bertz CT molecular complexity index is 1950. The Kier molecular flexibility index (Phi) is 13.0. The molecule has 0 radical (unpaired) electrons. The highest BCUT2D eigenvalue weighted by Gasteiger charge is 2.52. The number of rotatable bonds is 4. The summed E-state index contributed by atoms with van der Waals surface area (Å²) in [5.74, 6) is -7.01. The highest BCUT2D eigenvalue weighted by Crippen LogP contribution is 2.58. The lowest BCUT2D eigenvalue weighted by molar-refractivity contribution is -0.155. The van der Waals surface area contributed by atoms with Crippen LogP contribution in [0.5, 0.6) is 11.5 Å². The molecule has 4 heterocycles. The van der Waals surface area contributed by atoms with Crippen molar-refractivity contribution in [2.45, 2.75) is 83.8 Å². The molecule has 1 aliphatic carbocycles. The fraction of sp³-hybridized carbons (Fsp3) is 0.513. The second-order valence-electron chi connectivity index (χ2n) is 14.7. The van der Waals surface area contributed by atoms with Gasteiger partial charge in [-0.2, -0.15) is 0 Å². The number of nitrogens with two attached hydrogens (primary N) is 2. The third-order valence-electron chi connectivity index (χ3n) is 10.8. The van der Waals surface area contributed by atoms with E-state index < -0.39 is 88.8 Å². The fourth-order valence-corrected chi connectivity index (χ4v) is 7.42. The summed E-state index contributed by atoms with van der Waals surface area (Å²) in [5, 5.41) is 52.3. The number of ether oxygens (including phenoxy) is 5. The van der Waals surface area contributed by atoms with Gasteiger partial charge in [0.25, 0.3) is 11.7 Å². The molecule has 18 heteroatoms. The molecule has 0 spiro atoms. The standard InChI is InChI=1S/C39H51N5O13/c1-17-9-8-10-18(2)38(51)42-28-29(44-12-15-54-16-13-44)33(49)23-24(32(28)48)31(47)20(4)35-25(23)37(43-52)39(6,57-35)55-14-11-22(53-7)19(3)36(56-21(5)45)27(41)34(50)26(40)30(17)46/h8-11,14,17,19,22,26-27,30,34,36,46,48-50H,12-13,15-16,40-41H2,1-7H3,(H,42,51)/b9-8+,14-11?,18-10-/t17-,19+,22-,26+,27+,30-,34+,36+,39-/m0/s1. The molecule has 1 saturated heterocycles. The number of nitrogens with zero attached hydrogens (tertiary/aromatic N) is 2. The molecule has 6 rings (SSSR count). The van der Waals surface area contributed by atoms with Gasteiger partial charge < -0.3 is 65.8 Å².